The van der Waals surface area contributed by atoms with Gasteiger partial charge < -0.3 is 20.1 Å². The van der Waals surface area contributed by atoms with Crippen LogP contribution in [-0.2, 0) is 4.79 Å². The van der Waals surface area contributed by atoms with E-state index in [9.17, 15) is 4.79 Å². The zero-order valence-corrected chi connectivity index (χ0v) is 18.2. The van der Waals surface area contributed by atoms with Gasteiger partial charge in [0, 0.05) is 17.7 Å². The number of fused-ring (bicyclic) bond motifs is 1. The second-order valence-corrected chi connectivity index (χ2v) is 8.22. The molecule has 1 heterocycles. The lowest BCUT2D eigenvalue weighted by Crippen LogP contribution is -2.26. The number of para-hydroxylation sites is 2. The van der Waals surface area contributed by atoms with Crippen molar-refractivity contribution in [1.82, 2.24) is 0 Å². The summed E-state index contributed by atoms with van der Waals surface area (Å²) in [5.74, 6) is 1.87. The minimum absolute atomic E-state index is 0.102. The van der Waals surface area contributed by atoms with E-state index < -0.39 is 0 Å². The largest absolute Gasteiger partial charge is 0.497 e. The summed E-state index contributed by atoms with van der Waals surface area (Å²) in [7, 11) is 3.32. The quantitative estimate of drug-likeness (QED) is 0.562. The van der Waals surface area contributed by atoms with Crippen LogP contribution < -0.4 is 20.1 Å². The van der Waals surface area contributed by atoms with Gasteiger partial charge in [-0.2, -0.15) is 0 Å². The van der Waals surface area contributed by atoms with Crippen molar-refractivity contribution >= 4 is 17.2 Å². The van der Waals surface area contributed by atoms with Gasteiger partial charge in [-0.1, -0.05) is 36.4 Å². The minimum atomic E-state index is -0.231. The number of ketones is 1. The summed E-state index contributed by atoms with van der Waals surface area (Å²) < 4.78 is 10.7. The van der Waals surface area contributed by atoms with Crippen LogP contribution in [0.3, 0.4) is 0 Å². The number of ether oxygens (including phenoxy) is 2. The number of allylic oxidation sites excluding steroid dienone is 1. The Kier molecular flexibility index (Phi) is 5.31. The standard InChI is InChI=1S/C27H26N2O3/c1-31-20-12-10-17(11-13-20)27-26-24(28-22-8-3-4-9-23(22)29-27)15-19(16-25(26)30)18-6-5-7-21(14-18)32-2/h3-14,19,27-29H,15-16H2,1-2H3. The highest BCUT2D eigenvalue weighted by molar-refractivity contribution is 6.01. The maximum atomic E-state index is 13.6. The van der Waals surface area contributed by atoms with E-state index in [1.54, 1.807) is 14.2 Å². The number of carbonyl (C=O) groups is 1. The summed E-state index contributed by atoms with van der Waals surface area (Å²) in [6.45, 7) is 0. The molecule has 5 heteroatoms. The van der Waals surface area contributed by atoms with Gasteiger partial charge in [-0.3, -0.25) is 4.79 Å². The average Bonchev–Trinajstić information content (AvgIpc) is 3.01. The van der Waals surface area contributed by atoms with Gasteiger partial charge in [-0.15, -0.1) is 0 Å². The molecule has 0 fully saturated rings. The third kappa shape index (κ3) is 3.71. The number of hydrogen-bond acceptors (Lipinski definition) is 5. The van der Waals surface area contributed by atoms with Gasteiger partial charge in [0.1, 0.15) is 11.5 Å². The molecule has 5 rings (SSSR count). The van der Waals surface area contributed by atoms with Crippen LogP contribution in [0.1, 0.15) is 35.9 Å². The van der Waals surface area contributed by atoms with Crippen LogP contribution >= 0.6 is 0 Å². The van der Waals surface area contributed by atoms with Crippen molar-refractivity contribution in [3.8, 4) is 11.5 Å². The fourth-order valence-electron chi connectivity index (χ4n) is 4.67. The summed E-state index contributed by atoms with van der Waals surface area (Å²) in [4.78, 5) is 13.6. The highest BCUT2D eigenvalue weighted by Gasteiger charge is 2.36. The van der Waals surface area contributed by atoms with E-state index in [-0.39, 0.29) is 17.7 Å². The van der Waals surface area contributed by atoms with E-state index in [2.05, 4.69) is 16.7 Å². The number of methoxy groups -OCH3 is 2. The van der Waals surface area contributed by atoms with E-state index in [1.807, 2.05) is 66.7 Å². The summed E-state index contributed by atoms with van der Waals surface area (Å²) in [6, 6.07) is 23.8. The Morgan fingerprint density at radius 1 is 0.781 bits per heavy atom. The molecular formula is C27H26N2O3. The maximum absolute atomic E-state index is 13.6. The molecule has 2 aliphatic rings. The van der Waals surface area contributed by atoms with Crippen molar-refractivity contribution in [2.24, 2.45) is 0 Å². The predicted octanol–water partition coefficient (Wildman–Crippen LogP) is 5.68. The molecule has 0 saturated heterocycles. The molecular weight excluding hydrogens is 400 g/mol. The lowest BCUT2D eigenvalue weighted by molar-refractivity contribution is -0.116. The zero-order chi connectivity index (χ0) is 22.1. The lowest BCUT2D eigenvalue weighted by Gasteiger charge is -2.30. The second kappa shape index (κ2) is 8.42. The monoisotopic (exact) mass is 426 g/mol. The van der Waals surface area contributed by atoms with Gasteiger partial charge in [0.05, 0.1) is 31.6 Å². The van der Waals surface area contributed by atoms with Gasteiger partial charge in [0.15, 0.2) is 5.78 Å². The number of rotatable bonds is 4. The fraction of sp³-hybridized carbons (Fsp3) is 0.222. The number of Topliss-reactive ketones (excluding diaryl/α,β-unsaturated/α-hetero) is 1. The molecule has 2 N–H and O–H groups in total. The first-order valence-electron chi connectivity index (χ1n) is 10.8. The number of carbonyl (C=O) groups excluding carboxylic acids is 1. The first-order valence-corrected chi connectivity index (χ1v) is 10.8. The van der Waals surface area contributed by atoms with Crippen LogP contribution in [-0.4, -0.2) is 20.0 Å². The number of benzene rings is 3. The molecule has 32 heavy (non-hydrogen) atoms. The molecule has 2 atom stereocenters. The van der Waals surface area contributed by atoms with E-state index >= 15 is 0 Å². The van der Waals surface area contributed by atoms with Crippen molar-refractivity contribution in [3.63, 3.8) is 0 Å². The molecule has 0 aromatic heterocycles. The van der Waals surface area contributed by atoms with Crippen molar-refractivity contribution in [2.75, 3.05) is 24.9 Å². The molecule has 0 amide bonds. The zero-order valence-electron chi connectivity index (χ0n) is 18.2. The highest BCUT2D eigenvalue weighted by atomic mass is 16.5. The first-order chi connectivity index (χ1) is 15.7. The minimum Gasteiger partial charge on any atom is -0.497 e. The highest BCUT2D eigenvalue weighted by Crippen LogP contribution is 2.44. The van der Waals surface area contributed by atoms with Crippen LogP contribution in [0.15, 0.2) is 84.1 Å². The first kappa shape index (κ1) is 20.2. The van der Waals surface area contributed by atoms with Crippen molar-refractivity contribution < 1.29 is 14.3 Å². The normalized spacial score (nSPS) is 19.8. The molecule has 0 spiro atoms. The maximum Gasteiger partial charge on any atom is 0.163 e. The molecule has 2 unspecified atom stereocenters. The van der Waals surface area contributed by atoms with Crippen LogP contribution in [0.4, 0.5) is 11.4 Å². The van der Waals surface area contributed by atoms with Crippen LogP contribution in [0.5, 0.6) is 11.5 Å². The second-order valence-electron chi connectivity index (χ2n) is 8.22. The average molecular weight is 427 g/mol. The third-order valence-corrected chi connectivity index (χ3v) is 6.32. The summed E-state index contributed by atoms with van der Waals surface area (Å²) >= 11 is 0. The fourth-order valence-corrected chi connectivity index (χ4v) is 4.67. The molecule has 0 radical (unpaired) electrons. The molecule has 5 nitrogen and oxygen atoms in total. The van der Waals surface area contributed by atoms with Gasteiger partial charge >= 0.3 is 0 Å². The van der Waals surface area contributed by atoms with Crippen molar-refractivity contribution in [2.45, 2.75) is 24.8 Å². The number of nitrogens with one attached hydrogen (secondary N) is 2. The summed E-state index contributed by atoms with van der Waals surface area (Å²) in [5.41, 5.74) is 5.91. The van der Waals surface area contributed by atoms with Gasteiger partial charge in [-0.25, -0.2) is 0 Å². The Morgan fingerprint density at radius 2 is 1.53 bits per heavy atom. The van der Waals surface area contributed by atoms with Crippen LogP contribution in [0, 0.1) is 0 Å². The molecule has 1 aliphatic carbocycles. The van der Waals surface area contributed by atoms with Crippen LogP contribution in [0.2, 0.25) is 0 Å². The lowest BCUT2D eigenvalue weighted by atomic mass is 9.78. The topological polar surface area (TPSA) is 59.6 Å². The predicted molar refractivity (Wildman–Crippen MR) is 126 cm³/mol. The van der Waals surface area contributed by atoms with Gasteiger partial charge in [-0.05, 0) is 59.9 Å². The molecule has 3 aromatic carbocycles. The molecule has 1 aliphatic heterocycles. The van der Waals surface area contributed by atoms with Crippen LogP contribution in [0.25, 0.3) is 0 Å². The van der Waals surface area contributed by atoms with E-state index in [1.165, 1.54) is 0 Å². The number of hydrogen-bond donors (Lipinski definition) is 2. The van der Waals surface area contributed by atoms with Crippen molar-refractivity contribution in [1.29, 1.82) is 0 Å². The molecule has 3 aromatic rings. The Balaban J connectivity index is 1.58. The Bertz CT molecular complexity index is 1180. The van der Waals surface area contributed by atoms with Gasteiger partial charge in [0.25, 0.3) is 0 Å². The smallest absolute Gasteiger partial charge is 0.163 e. The third-order valence-electron chi connectivity index (χ3n) is 6.32. The van der Waals surface area contributed by atoms with Gasteiger partial charge in [0.2, 0.25) is 0 Å². The molecule has 0 bridgehead atoms. The Morgan fingerprint density at radius 3 is 2.28 bits per heavy atom. The summed E-state index contributed by atoms with van der Waals surface area (Å²) in [6.07, 6.45) is 1.23. The molecule has 162 valence electrons. The Hall–Kier alpha value is -3.73. The Labute approximate surface area is 188 Å². The number of anilines is 2. The van der Waals surface area contributed by atoms with E-state index in [4.69, 9.17) is 9.47 Å². The van der Waals surface area contributed by atoms with Crippen molar-refractivity contribution in [3.05, 3.63) is 95.2 Å². The SMILES string of the molecule is COc1ccc(C2Nc3ccccc3NC3=C2C(=O)CC(c2cccc(OC)c2)C3)cc1. The van der Waals surface area contributed by atoms with E-state index in [0.717, 1.165) is 51.7 Å². The summed E-state index contributed by atoms with van der Waals surface area (Å²) in [5, 5.41) is 7.20. The van der Waals surface area contributed by atoms with E-state index in [0.29, 0.717) is 6.42 Å². The molecule has 0 saturated carbocycles.